The fourth-order valence-corrected chi connectivity index (χ4v) is 5.27. The van der Waals surface area contributed by atoms with Crippen LogP contribution in [0.4, 0.5) is 0 Å². The second-order valence-corrected chi connectivity index (χ2v) is 10.7. The first kappa shape index (κ1) is 29.2. The van der Waals surface area contributed by atoms with Crippen LogP contribution >= 0.6 is 11.3 Å². The van der Waals surface area contributed by atoms with Gasteiger partial charge in [-0.15, -0.1) is 11.3 Å². The predicted molar refractivity (Wildman–Crippen MR) is 145 cm³/mol. The standard InChI is InChI=1S/C27H37N5O5S/c1-17(2)12-21(31-23(33)15-37-4)26(35)29-14-24(34)32-11-5-6-22(32)27(36)28-13-19-7-9-20(10-8-19)25-18(3)30-16-38-25/h7-10,16-17,21-22H,5-6,11-15H2,1-4H3,(H,28,36)(H,29,35)(H,31,33)/t21-,22-/m0/s1. The van der Waals surface area contributed by atoms with Crippen LogP contribution in [-0.2, 0) is 30.5 Å². The van der Waals surface area contributed by atoms with E-state index in [0.29, 0.717) is 32.4 Å². The van der Waals surface area contributed by atoms with Gasteiger partial charge in [0.05, 0.1) is 22.6 Å². The summed E-state index contributed by atoms with van der Waals surface area (Å²) in [7, 11) is 1.40. The van der Waals surface area contributed by atoms with Gasteiger partial charge in [0.1, 0.15) is 18.7 Å². The number of likely N-dealkylation sites (tertiary alicyclic amines) is 1. The van der Waals surface area contributed by atoms with Gasteiger partial charge in [0.2, 0.25) is 23.6 Å². The van der Waals surface area contributed by atoms with E-state index in [0.717, 1.165) is 21.7 Å². The fourth-order valence-electron chi connectivity index (χ4n) is 4.46. The van der Waals surface area contributed by atoms with Crippen molar-refractivity contribution in [3.8, 4) is 10.4 Å². The quantitative estimate of drug-likeness (QED) is 0.376. The predicted octanol–water partition coefficient (Wildman–Crippen LogP) is 2.02. The summed E-state index contributed by atoms with van der Waals surface area (Å²) < 4.78 is 4.82. The van der Waals surface area contributed by atoms with Crippen LogP contribution < -0.4 is 16.0 Å². The number of nitrogens with zero attached hydrogens (tertiary/aromatic N) is 2. The zero-order valence-corrected chi connectivity index (χ0v) is 23.2. The molecule has 0 saturated carbocycles. The molecule has 10 nitrogen and oxygen atoms in total. The van der Waals surface area contributed by atoms with E-state index in [1.807, 2.05) is 50.5 Å². The molecule has 3 rings (SSSR count). The lowest BCUT2D eigenvalue weighted by Crippen LogP contribution is -2.52. The Hall–Kier alpha value is -3.31. The third-order valence-corrected chi connectivity index (χ3v) is 7.33. The lowest BCUT2D eigenvalue weighted by Gasteiger charge is -2.25. The highest BCUT2D eigenvalue weighted by Crippen LogP contribution is 2.27. The van der Waals surface area contributed by atoms with Crippen LogP contribution in [0.1, 0.15) is 44.4 Å². The smallest absolute Gasteiger partial charge is 0.246 e. The Labute approximate surface area is 227 Å². The van der Waals surface area contributed by atoms with Crippen molar-refractivity contribution in [3.05, 3.63) is 41.0 Å². The third kappa shape index (κ3) is 8.09. The summed E-state index contributed by atoms with van der Waals surface area (Å²) in [6.07, 6.45) is 1.71. The average molecular weight is 544 g/mol. The Bertz CT molecular complexity index is 1120. The maximum atomic E-state index is 12.9. The summed E-state index contributed by atoms with van der Waals surface area (Å²) in [6, 6.07) is 6.63. The SMILES string of the molecule is COCC(=O)N[C@@H](CC(C)C)C(=O)NCC(=O)N1CCC[C@H]1C(=O)NCc1ccc(-c2scnc2C)cc1. The molecular weight excluding hydrogens is 506 g/mol. The van der Waals surface area contributed by atoms with Gasteiger partial charge in [0.25, 0.3) is 0 Å². The van der Waals surface area contributed by atoms with Crippen molar-refractivity contribution in [1.29, 1.82) is 0 Å². The Morgan fingerprint density at radius 1 is 1.16 bits per heavy atom. The number of carbonyl (C=O) groups excluding carboxylic acids is 4. The molecule has 1 aromatic heterocycles. The number of hydrogen-bond acceptors (Lipinski definition) is 7. The van der Waals surface area contributed by atoms with Crippen molar-refractivity contribution in [3.63, 3.8) is 0 Å². The van der Waals surface area contributed by atoms with Crippen LogP contribution in [0.3, 0.4) is 0 Å². The molecule has 4 amide bonds. The lowest BCUT2D eigenvalue weighted by atomic mass is 10.0. The summed E-state index contributed by atoms with van der Waals surface area (Å²) in [4.78, 5) is 57.4. The van der Waals surface area contributed by atoms with Crippen LogP contribution in [0.25, 0.3) is 10.4 Å². The molecule has 1 aromatic carbocycles. The van der Waals surface area contributed by atoms with Crippen molar-refractivity contribution in [2.45, 2.75) is 58.7 Å². The molecule has 0 radical (unpaired) electrons. The summed E-state index contributed by atoms with van der Waals surface area (Å²) in [5.74, 6) is -1.22. The van der Waals surface area contributed by atoms with Gasteiger partial charge in [-0.1, -0.05) is 38.1 Å². The van der Waals surface area contributed by atoms with E-state index in [2.05, 4.69) is 20.9 Å². The molecule has 2 atom stereocenters. The van der Waals surface area contributed by atoms with Crippen LogP contribution in [-0.4, -0.2) is 72.4 Å². The molecule has 1 saturated heterocycles. The second kappa shape index (κ2) is 14.0. The van der Waals surface area contributed by atoms with Gasteiger partial charge in [-0.25, -0.2) is 4.98 Å². The Morgan fingerprint density at radius 2 is 1.89 bits per heavy atom. The number of ether oxygens (including phenoxy) is 1. The molecule has 0 bridgehead atoms. The molecule has 2 aromatic rings. The number of thiazole rings is 1. The number of hydrogen-bond donors (Lipinski definition) is 3. The number of methoxy groups -OCH3 is 1. The minimum atomic E-state index is -0.769. The average Bonchev–Trinajstić information content (AvgIpc) is 3.55. The molecule has 0 aliphatic carbocycles. The second-order valence-electron chi connectivity index (χ2n) is 9.83. The highest BCUT2D eigenvalue weighted by molar-refractivity contribution is 7.13. The molecule has 0 spiro atoms. The maximum absolute atomic E-state index is 12.9. The van der Waals surface area contributed by atoms with Crippen molar-refractivity contribution < 1.29 is 23.9 Å². The Kier molecular flexibility index (Phi) is 10.8. The van der Waals surface area contributed by atoms with Gasteiger partial charge in [0, 0.05) is 20.2 Å². The van der Waals surface area contributed by atoms with E-state index in [9.17, 15) is 19.2 Å². The Morgan fingerprint density at radius 3 is 2.53 bits per heavy atom. The van der Waals surface area contributed by atoms with E-state index in [1.165, 1.54) is 12.0 Å². The van der Waals surface area contributed by atoms with Crippen molar-refractivity contribution in [2.75, 3.05) is 26.8 Å². The van der Waals surface area contributed by atoms with Gasteiger partial charge < -0.3 is 25.6 Å². The molecule has 1 aliphatic rings. The first-order valence-corrected chi connectivity index (χ1v) is 13.7. The first-order valence-electron chi connectivity index (χ1n) is 12.8. The summed E-state index contributed by atoms with van der Waals surface area (Å²) in [5.41, 5.74) is 4.86. The molecule has 206 valence electrons. The van der Waals surface area contributed by atoms with E-state index in [-0.39, 0.29) is 30.9 Å². The zero-order valence-electron chi connectivity index (χ0n) is 22.4. The molecule has 3 N–H and O–H groups in total. The number of nitrogens with one attached hydrogen (secondary N) is 3. The topological polar surface area (TPSA) is 130 Å². The Balaban J connectivity index is 1.51. The monoisotopic (exact) mass is 543 g/mol. The summed E-state index contributed by atoms with van der Waals surface area (Å²) in [5, 5.41) is 8.22. The van der Waals surface area contributed by atoms with Crippen LogP contribution in [0.2, 0.25) is 0 Å². The van der Waals surface area contributed by atoms with Crippen molar-refractivity contribution in [2.24, 2.45) is 5.92 Å². The van der Waals surface area contributed by atoms with Gasteiger partial charge in [-0.05, 0) is 43.2 Å². The fraction of sp³-hybridized carbons (Fsp3) is 0.519. The van der Waals surface area contributed by atoms with Crippen LogP contribution in [0, 0.1) is 12.8 Å². The summed E-state index contributed by atoms with van der Waals surface area (Å²) >= 11 is 1.59. The number of carbonyl (C=O) groups is 4. The maximum Gasteiger partial charge on any atom is 0.246 e. The first-order chi connectivity index (χ1) is 18.2. The van der Waals surface area contributed by atoms with Crippen LogP contribution in [0.5, 0.6) is 0 Å². The summed E-state index contributed by atoms with van der Waals surface area (Å²) in [6.45, 7) is 6.28. The van der Waals surface area contributed by atoms with Crippen LogP contribution in [0.15, 0.2) is 29.8 Å². The van der Waals surface area contributed by atoms with Gasteiger partial charge in [-0.3, -0.25) is 19.2 Å². The minimum absolute atomic E-state index is 0.151. The molecule has 1 aliphatic heterocycles. The van der Waals surface area contributed by atoms with E-state index >= 15 is 0 Å². The lowest BCUT2D eigenvalue weighted by molar-refractivity contribution is -0.139. The van der Waals surface area contributed by atoms with Gasteiger partial charge >= 0.3 is 0 Å². The molecule has 38 heavy (non-hydrogen) atoms. The number of rotatable bonds is 12. The molecule has 0 unspecified atom stereocenters. The zero-order chi connectivity index (χ0) is 27.7. The van der Waals surface area contributed by atoms with Crippen molar-refractivity contribution in [1.82, 2.24) is 25.8 Å². The van der Waals surface area contributed by atoms with Gasteiger partial charge in [0.15, 0.2) is 0 Å². The minimum Gasteiger partial charge on any atom is -0.375 e. The van der Waals surface area contributed by atoms with E-state index in [4.69, 9.17) is 4.74 Å². The molecular formula is C27H37N5O5S. The van der Waals surface area contributed by atoms with E-state index in [1.54, 1.807) is 11.3 Å². The van der Waals surface area contributed by atoms with Gasteiger partial charge in [-0.2, -0.15) is 0 Å². The number of aryl methyl sites for hydroxylation is 1. The molecule has 1 fully saturated rings. The number of amides is 4. The highest BCUT2D eigenvalue weighted by atomic mass is 32.1. The number of benzene rings is 1. The van der Waals surface area contributed by atoms with Crippen molar-refractivity contribution >= 4 is 35.0 Å². The normalized spacial score (nSPS) is 15.8. The molecule has 11 heteroatoms. The third-order valence-electron chi connectivity index (χ3n) is 6.35. The number of aromatic nitrogens is 1. The largest absolute Gasteiger partial charge is 0.375 e. The highest BCUT2D eigenvalue weighted by Gasteiger charge is 2.34. The van der Waals surface area contributed by atoms with E-state index < -0.39 is 23.9 Å². The molecule has 2 heterocycles.